The number of methoxy groups -OCH3 is 1. The van der Waals surface area contributed by atoms with E-state index in [1.807, 2.05) is 0 Å². The van der Waals surface area contributed by atoms with Crippen LogP contribution in [-0.2, 0) is 4.79 Å². The summed E-state index contributed by atoms with van der Waals surface area (Å²) in [4.78, 5) is 20.7. The lowest BCUT2D eigenvalue weighted by atomic mass is 10.3. The minimum Gasteiger partial charge on any atom is -0.481 e. The SMILES string of the molecule is COc1ccnc(N(CC(=O)O)CC2CC2)n1. The highest BCUT2D eigenvalue weighted by Gasteiger charge is 2.26. The standard InChI is InChI=1S/C11H15N3O3/c1-17-9-4-5-12-11(13-9)14(7-10(15)16)6-8-2-3-8/h4-5,8H,2-3,6-7H2,1H3,(H,15,16). The predicted octanol–water partition coefficient (Wildman–Crippen LogP) is 0.786. The Labute approximate surface area is 99.2 Å². The van der Waals surface area contributed by atoms with Gasteiger partial charge in [-0.1, -0.05) is 0 Å². The molecule has 1 saturated carbocycles. The fourth-order valence-corrected chi connectivity index (χ4v) is 1.59. The third kappa shape index (κ3) is 3.30. The Kier molecular flexibility index (Phi) is 3.41. The van der Waals surface area contributed by atoms with Gasteiger partial charge in [-0.2, -0.15) is 4.98 Å². The van der Waals surface area contributed by atoms with Gasteiger partial charge < -0.3 is 14.7 Å². The summed E-state index contributed by atoms with van der Waals surface area (Å²) >= 11 is 0. The summed E-state index contributed by atoms with van der Waals surface area (Å²) in [6.45, 7) is 0.614. The van der Waals surface area contributed by atoms with E-state index in [2.05, 4.69) is 9.97 Å². The molecular weight excluding hydrogens is 222 g/mol. The molecule has 0 saturated heterocycles. The van der Waals surface area contributed by atoms with Gasteiger partial charge in [-0.3, -0.25) is 4.79 Å². The maximum Gasteiger partial charge on any atom is 0.323 e. The molecule has 0 atom stereocenters. The minimum atomic E-state index is -0.878. The molecule has 0 spiro atoms. The zero-order valence-electron chi connectivity index (χ0n) is 9.67. The van der Waals surface area contributed by atoms with Crippen LogP contribution in [0.5, 0.6) is 5.88 Å². The molecule has 0 aromatic carbocycles. The number of rotatable bonds is 6. The zero-order valence-corrected chi connectivity index (χ0v) is 9.67. The summed E-state index contributed by atoms with van der Waals surface area (Å²) in [5.74, 6) is 0.557. The van der Waals surface area contributed by atoms with Gasteiger partial charge in [0.2, 0.25) is 11.8 Å². The molecule has 0 radical (unpaired) electrons. The van der Waals surface area contributed by atoms with E-state index in [1.165, 1.54) is 7.11 Å². The van der Waals surface area contributed by atoms with E-state index in [0.717, 1.165) is 12.8 Å². The molecule has 0 unspecified atom stereocenters. The Morgan fingerprint density at radius 1 is 1.65 bits per heavy atom. The van der Waals surface area contributed by atoms with E-state index in [9.17, 15) is 4.79 Å². The number of hydrogen-bond acceptors (Lipinski definition) is 5. The number of carboxylic acids is 1. The van der Waals surface area contributed by atoms with Crippen molar-refractivity contribution in [1.82, 2.24) is 9.97 Å². The third-order valence-electron chi connectivity index (χ3n) is 2.61. The quantitative estimate of drug-likeness (QED) is 0.788. The highest BCUT2D eigenvalue weighted by Crippen LogP contribution is 2.30. The van der Waals surface area contributed by atoms with Gasteiger partial charge in [-0.05, 0) is 18.8 Å². The van der Waals surface area contributed by atoms with Gasteiger partial charge in [0.15, 0.2) is 0 Å². The zero-order chi connectivity index (χ0) is 12.3. The molecule has 1 fully saturated rings. The lowest BCUT2D eigenvalue weighted by Crippen LogP contribution is -2.33. The molecule has 92 valence electrons. The lowest BCUT2D eigenvalue weighted by molar-refractivity contribution is -0.135. The van der Waals surface area contributed by atoms with Crippen molar-refractivity contribution >= 4 is 11.9 Å². The first-order valence-electron chi connectivity index (χ1n) is 5.53. The van der Waals surface area contributed by atoms with Crippen LogP contribution in [0.25, 0.3) is 0 Å². The molecule has 6 nitrogen and oxygen atoms in total. The fraction of sp³-hybridized carbons (Fsp3) is 0.545. The molecule has 1 heterocycles. The summed E-state index contributed by atoms with van der Waals surface area (Å²) in [7, 11) is 1.52. The van der Waals surface area contributed by atoms with Gasteiger partial charge >= 0.3 is 5.97 Å². The van der Waals surface area contributed by atoms with Crippen LogP contribution >= 0.6 is 0 Å². The van der Waals surface area contributed by atoms with E-state index >= 15 is 0 Å². The average molecular weight is 237 g/mol. The summed E-state index contributed by atoms with van der Waals surface area (Å²) in [5.41, 5.74) is 0. The molecule has 0 amide bonds. The number of carboxylic acid groups (broad SMARTS) is 1. The minimum absolute atomic E-state index is 0.0797. The van der Waals surface area contributed by atoms with Gasteiger partial charge in [-0.15, -0.1) is 0 Å². The van der Waals surface area contributed by atoms with Crippen molar-refractivity contribution in [3.63, 3.8) is 0 Å². The third-order valence-corrected chi connectivity index (χ3v) is 2.61. The van der Waals surface area contributed by atoms with Crippen LogP contribution in [0, 0.1) is 5.92 Å². The Hall–Kier alpha value is -1.85. The smallest absolute Gasteiger partial charge is 0.323 e. The van der Waals surface area contributed by atoms with Crippen LogP contribution < -0.4 is 9.64 Å². The number of hydrogen-bond donors (Lipinski definition) is 1. The van der Waals surface area contributed by atoms with Crippen LogP contribution in [0.15, 0.2) is 12.3 Å². The highest BCUT2D eigenvalue weighted by molar-refractivity contribution is 5.72. The molecule has 1 aromatic heterocycles. The molecule has 17 heavy (non-hydrogen) atoms. The average Bonchev–Trinajstić information content (AvgIpc) is 3.12. The first-order chi connectivity index (χ1) is 8.19. The molecule has 1 aliphatic carbocycles. The number of ether oxygens (including phenoxy) is 1. The monoisotopic (exact) mass is 237 g/mol. The van der Waals surface area contributed by atoms with Crippen LogP contribution in [0.4, 0.5) is 5.95 Å². The molecule has 1 aliphatic rings. The second-order valence-electron chi connectivity index (χ2n) is 4.12. The first-order valence-corrected chi connectivity index (χ1v) is 5.53. The van der Waals surface area contributed by atoms with E-state index in [1.54, 1.807) is 17.2 Å². The number of aromatic nitrogens is 2. The van der Waals surface area contributed by atoms with Gasteiger partial charge in [0.05, 0.1) is 7.11 Å². The topological polar surface area (TPSA) is 75.5 Å². The summed E-state index contributed by atoms with van der Waals surface area (Å²) in [6, 6.07) is 1.64. The van der Waals surface area contributed by atoms with Crippen molar-refractivity contribution in [1.29, 1.82) is 0 Å². The van der Waals surface area contributed by atoms with Gasteiger partial charge in [0.1, 0.15) is 6.54 Å². The summed E-state index contributed by atoms with van der Waals surface area (Å²) in [5, 5.41) is 8.88. The Balaban J connectivity index is 2.13. The number of carbonyl (C=O) groups is 1. The number of nitrogens with zero attached hydrogens (tertiary/aromatic N) is 3. The summed E-state index contributed by atoms with van der Waals surface area (Å²) < 4.78 is 5.01. The van der Waals surface area contributed by atoms with Gasteiger partial charge in [0.25, 0.3) is 0 Å². The van der Waals surface area contributed by atoms with E-state index in [0.29, 0.717) is 24.3 Å². The van der Waals surface area contributed by atoms with Crippen molar-refractivity contribution in [2.45, 2.75) is 12.8 Å². The second kappa shape index (κ2) is 4.99. The molecule has 1 aromatic rings. The van der Waals surface area contributed by atoms with Crippen molar-refractivity contribution in [3.05, 3.63) is 12.3 Å². The summed E-state index contributed by atoms with van der Waals surface area (Å²) in [6.07, 6.45) is 3.88. The van der Waals surface area contributed by atoms with Crippen molar-refractivity contribution < 1.29 is 14.6 Å². The van der Waals surface area contributed by atoms with Crippen LogP contribution in [0.3, 0.4) is 0 Å². The van der Waals surface area contributed by atoms with Crippen molar-refractivity contribution in [2.24, 2.45) is 5.92 Å². The Morgan fingerprint density at radius 3 is 3.00 bits per heavy atom. The van der Waals surface area contributed by atoms with E-state index in [-0.39, 0.29) is 6.54 Å². The largest absolute Gasteiger partial charge is 0.481 e. The fourth-order valence-electron chi connectivity index (χ4n) is 1.59. The Morgan fingerprint density at radius 2 is 2.41 bits per heavy atom. The first kappa shape index (κ1) is 11.6. The molecule has 2 rings (SSSR count). The Bertz CT molecular complexity index is 407. The van der Waals surface area contributed by atoms with Gasteiger partial charge in [0, 0.05) is 18.8 Å². The van der Waals surface area contributed by atoms with Crippen molar-refractivity contribution in [3.8, 4) is 5.88 Å². The maximum absolute atomic E-state index is 10.8. The molecular formula is C11H15N3O3. The number of anilines is 1. The van der Waals surface area contributed by atoms with E-state index in [4.69, 9.17) is 9.84 Å². The van der Waals surface area contributed by atoms with Crippen molar-refractivity contribution in [2.75, 3.05) is 25.1 Å². The van der Waals surface area contributed by atoms with Crippen LogP contribution in [-0.4, -0.2) is 41.2 Å². The normalized spacial score (nSPS) is 14.4. The highest BCUT2D eigenvalue weighted by atomic mass is 16.5. The maximum atomic E-state index is 10.8. The predicted molar refractivity (Wildman–Crippen MR) is 61.2 cm³/mol. The van der Waals surface area contributed by atoms with Crippen LogP contribution in [0.2, 0.25) is 0 Å². The lowest BCUT2D eigenvalue weighted by Gasteiger charge is -2.20. The van der Waals surface area contributed by atoms with Crippen LogP contribution in [0.1, 0.15) is 12.8 Å². The number of aliphatic carboxylic acids is 1. The molecule has 0 bridgehead atoms. The molecule has 1 N–H and O–H groups in total. The molecule has 0 aliphatic heterocycles. The second-order valence-corrected chi connectivity index (χ2v) is 4.12. The van der Waals surface area contributed by atoms with E-state index < -0.39 is 5.97 Å². The molecule has 6 heteroatoms. The van der Waals surface area contributed by atoms with Gasteiger partial charge in [-0.25, -0.2) is 4.98 Å².